The van der Waals surface area contributed by atoms with Crippen LogP contribution in [0, 0.1) is 0 Å². The van der Waals surface area contributed by atoms with Crippen molar-refractivity contribution in [2.75, 3.05) is 13.6 Å². The highest BCUT2D eigenvalue weighted by Gasteiger charge is 2.22. The van der Waals surface area contributed by atoms with Crippen molar-refractivity contribution in [2.24, 2.45) is 0 Å². The van der Waals surface area contributed by atoms with Crippen molar-refractivity contribution in [2.45, 2.75) is 30.2 Å². The number of fused-ring (bicyclic) bond motifs is 1. The molecule has 1 aliphatic rings. The molecular weight excluding hydrogens is 340 g/mol. The molecule has 0 bridgehead atoms. The van der Waals surface area contributed by atoms with Gasteiger partial charge in [-0.1, -0.05) is 24.3 Å². The van der Waals surface area contributed by atoms with Crippen molar-refractivity contribution in [3.63, 3.8) is 0 Å². The molecule has 2 heterocycles. The van der Waals surface area contributed by atoms with Gasteiger partial charge in [0.05, 0.1) is 0 Å². The lowest BCUT2D eigenvalue weighted by atomic mass is 10.0. The van der Waals surface area contributed by atoms with E-state index in [1.165, 1.54) is 35.9 Å². The van der Waals surface area contributed by atoms with Gasteiger partial charge >= 0.3 is 0 Å². The number of likely N-dealkylation sites (N-methyl/N-ethyl adjacent to an activating group) is 1. The van der Waals surface area contributed by atoms with Gasteiger partial charge in [0.15, 0.2) is 4.90 Å². The fourth-order valence-electron chi connectivity index (χ4n) is 3.73. The van der Waals surface area contributed by atoms with Gasteiger partial charge in [-0.15, -0.1) is 0 Å². The Hall–Kier alpha value is -2.01. The molecular formula is C22H24N2OS. The number of nitrogens with zero attached hydrogens (tertiary/aromatic N) is 1. The third-order valence-electron chi connectivity index (χ3n) is 5.28. The van der Waals surface area contributed by atoms with E-state index in [2.05, 4.69) is 41.3 Å². The van der Waals surface area contributed by atoms with Crippen LogP contribution in [-0.2, 0) is 17.6 Å². The molecule has 26 heavy (non-hydrogen) atoms. The Morgan fingerprint density at radius 1 is 1.23 bits per heavy atom. The van der Waals surface area contributed by atoms with Crippen LogP contribution in [0.2, 0.25) is 0 Å². The van der Waals surface area contributed by atoms with Crippen LogP contribution < -0.4 is 0 Å². The largest absolute Gasteiger partial charge is 0.607 e. The number of likely N-dealkylation sites (tertiary alicyclic amines) is 1. The van der Waals surface area contributed by atoms with E-state index in [0.29, 0.717) is 6.04 Å². The number of hydrogen-bond donors (Lipinski definition) is 1. The third-order valence-corrected chi connectivity index (χ3v) is 6.40. The van der Waals surface area contributed by atoms with Crippen LogP contribution in [-0.4, -0.2) is 34.1 Å². The highest BCUT2D eigenvalue weighted by molar-refractivity contribution is 7.94. The Kier molecular flexibility index (Phi) is 5.16. The van der Waals surface area contributed by atoms with E-state index in [-0.39, 0.29) is 0 Å². The first-order valence-corrected chi connectivity index (χ1v) is 10.4. The molecule has 2 unspecified atom stereocenters. The number of benzene rings is 2. The first kappa shape index (κ1) is 17.4. The summed E-state index contributed by atoms with van der Waals surface area (Å²) in [6, 6.07) is 16.6. The molecule has 1 saturated heterocycles. The zero-order chi connectivity index (χ0) is 17.9. The topological polar surface area (TPSA) is 42.1 Å². The number of aromatic amines is 1. The molecule has 0 radical (unpaired) electrons. The summed E-state index contributed by atoms with van der Waals surface area (Å²) in [6.07, 6.45) is 7.76. The maximum atomic E-state index is 12.4. The average molecular weight is 365 g/mol. The molecule has 1 aromatic heterocycles. The number of rotatable bonds is 5. The lowest BCUT2D eigenvalue weighted by Crippen LogP contribution is -2.26. The van der Waals surface area contributed by atoms with Crippen LogP contribution in [0.15, 0.2) is 65.0 Å². The Morgan fingerprint density at radius 3 is 2.85 bits per heavy atom. The predicted octanol–water partition coefficient (Wildman–Crippen LogP) is 4.58. The van der Waals surface area contributed by atoms with Gasteiger partial charge in [0.1, 0.15) is 5.41 Å². The van der Waals surface area contributed by atoms with Crippen LogP contribution in [0.25, 0.3) is 17.0 Å². The Labute approximate surface area is 157 Å². The van der Waals surface area contributed by atoms with Gasteiger partial charge in [-0.3, -0.25) is 0 Å². The lowest BCUT2D eigenvalue weighted by Gasteiger charge is -2.18. The molecule has 134 valence electrons. The number of H-pyrrole nitrogens is 1. The normalized spacial score (nSPS) is 19.5. The quantitative estimate of drug-likeness (QED) is 0.673. The van der Waals surface area contributed by atoms with Crippen molar-refractivity contribution < 1.29 is 4.55 Å². The first-order valence-electron chi connectivity index (χ1n) is 9.15. The molecule has 1 fully saturated rings. The highest BCUT2D eigenvalue weighted by Crippen LogP contribution is 2.26. The van der Waals surface area contributed by atoms with Gasteiger partial charge < -0.3 is 14.4 Å². The second kappa shape index (κ2) is 7.70. The molecule has 1 N–H and O–H groups in total. The lowest BCUT2D eigenvalue weighted by molar-refractivity contribution is 0.310. The fraction of sp³-hybridized carbons (Fsp3) is 0.273. The zero-order valence-corrected chi connectivity index (χ0v) is 15.8. The van der Waals surface area contributed by atoms with Crippen molar-refractivity contribution in [1.29, 1.82) is 0 Å². The number of nitrogens with one attached hydrogen (secondary N) is 1. The zero-order valence-electron chi connectivity index (χ0n) is 15.0. The first-order chi connectivity index (χ1) is 12.7. The van der Waals surface area contributed by atoms with E-state index < -0.39 is 11.2 Å². The van der Waals surface area contributed by atoms with E-state index in [1.54, 1.807) is 5.41 Å². The Balaban J connectivity index is 1.55. The van der Waals surface area contributed by atoms with E-state index in [4.69, 9.17) is 0 Å². The van der Waals surface area contributed by atoms with Crippen LogP contribution in [0.3, 0.4) is 0 Å². The van der Waals surface area contributed by atoms with Gasteiger partial charge in [-0.25, -0.2) is 0 Å². The molecule has 2 aromatic carbocycles. The van der Waals surface area contributed by atoms with Crippen LogP contribution in [0.4, 0.5) is 0 Å². The molecule has 1 aliphatic heterocycles. The number of aromatic nitrogens is 1. The van der Waals surface area contributed by atoms with Crippen molar-refractivity contribution in [3.8, 4) is 0 Å². The minimum Gasteiger partial charge on any atom is -0.607 e. The summed E-state index contributed by atoms with van der Waals surface area (Å²) in [6.45, 7) is 1.20. The fourth-order valence-corrected chi connectivity index (χ4v) is 4.60. The summed E-state index contributed by atoms with van der Waals surface area (Å²) < 4.78 is 12.4. The SMILES string of the molecule is CN1CCCC1Cc1c[nH]c2ccc(/C=C/[S+]([O-])c3ccccc3)cc12. The monoisotopic (exact) mass is 364 g/mol. The predicted molar refractivity (Wildman–Crippen MR) is 110 cm³/mol. The summed E-state index contributed by atoms with van der Waals surface area (Å²) in [7, 11) is 2.22. The minimum absolute atomic E-state index is 0.638. The van der Waals surface area contributed by atoms with Gasteiger partial charge in [0.2, 0.25) is 0 Å². The van der Waals surface area contributed by atoms with E-state index >= 15 is 0 Å². The number of hydrogen-bond acceptors (Lipinski definition) is 2. The molecule has 4 heteroatoms. The maximum absolute atomic E-state index is 12.4. The van der Waals surface area contributed by atoms with Crippen molar-refractivity contribution in [1.82, 2.24) is 9.88 Å². The highest BCUT2D eigenvalue weighted by atomic mass is 32.2. The molecule has 0 saturated carbocycles. The minimum atomic E-state index is -1.12. The molecule has 3 nitrogen and oxygen atoms in total. The van der Waals surface area contributed by atoms with E-state index in [9.17, 15) is 4.55 Å². The second-order valence-electron chi connectivity index (χ2n) is 7.01. The van der Waals surface area contributed by atoms with Gasteiger partial charge in [0, 0.05) is 34.3 Å². The summed E-state index contributed by atoms with van der Waals surface area (Å²) in [4.78, 5) is 6.69. The second-order valence-corrected chi connectivity index (χ2v) is 8.35. The smallest absolute Gasteiger partial charge is 0.157 e. The van der Waals surface area contributed by atoms with Crippen LogP contribution >= 0.6 is 0 Å². The summed E-state index contributed by atoms with van der Waals surface area (Å²) in [5.74, 6) is 0. The van der Waals surface area contributed by atoms with E-state index in [1.807, 2.05) is 36.4 Å². The molecule has 0 amide bonds. The van der Waals surface area contributed by atoms with Gasteiger partial charge in [-0.2, -0.15) is 0 Å². The maximum Gasteiger partial charge on any atom is 0.157 e. The molecule has 0 spiro atoms. The molecule has 0 aliphatic carbocycles. The summed E-state index contributed by atoms with van der Waals surface area (Å²) >= 11 is -1.12. The third kappa shape index (κ3) is 3.73. The summed E-state index contributed by atoms with van der Waals surface area (Å²) in [5, 5.41) is 3.05. The standard InChI is InChI=1S/C22H24N2OS/c1-24-12-5-6-19(24)15-18-16-23-22-10-9-17(14-21(18)22)11-13-26(25)20-7-3-2-4-8-20/h2-4,7-11,13-14,16,19,23H,5-6,12,15H2,1H3/b13-11+. The Morgan fingerprint density at radius 2 is 2.08 bits per heavy atom. The van der Waals surface area contributed by atoms with Gasteiger partial charge in [0.25, 0.3) is 0 Å². The van der Waals surface area contributed by atoms with Gasteiger partial charge in [-0.05, 0) is 74.3 Å². The van der Waals surface area contributed by atoms with Crippen molar-refractivity contribution >= 4 is 28.2 Å². The Bertz CT molecular complexity index is 903. The van der Waals surface area contributed by atoms with Crippen LogP contribution in [0.1, 0.15) is 24.0 Å². The average Bonchev–Trinajstić information content (AvgIpc) is 3.27. The molecule has 3 aromatic rings. The summed E-state index contributed by atoms with van der Waals surface area (Å²) in [5.41, 5.74) is 3.63. The van der Waals surface area contributed by atoms with Crippen molar-refractivity contribution in [3.05, 3.63) is 71.3 Å². The molecule has 2 atom stereocenters. The molecule has 4 rings (SSSR count). The van der Waals surface area contributed by atoms with Crippen LogP contribution in [0.5, 0.6) is 0 Å². The van der Waals surface area contributed by atoms with E-state index in [0.717, 1.165) is 16.9 Å².